The molecule has 184 valence electrons. The first-order valence-corrected chi connectivity index (χ1v) is 15.9. The number of unbranched alkanes of at least 4 members (excludes halogenated alkanes) is 11. The molecule has 0 saturated carbocycles. The van der Waals surface area contributed by atoms with Crippen LogP contribution in [-0.2, 0) is 4.43 Å². The molecule has 0 saturated heterocycles. The molecule has 0 radical (unpaired) electrons. The molecule has 0 heterocycles. The Morgan fingerprint density at radius 3 is 1.55 bits per heavy atom. The molecule has 0 unspecified atom stereocenters. The lowest BCUT2D eigenvalue weighted by atomic mass is 10.1. The maximum atomic E-state index is 6.52. The van der Waals surface area contributed by atoms with Crippen molar-refractivity contribution in [2.24, 2.45) is 0 Å². The first-order valence-electron chi connectivity index (χ1n) is 13.7. The standard InChI is InChI=1S/C30H48O2Si/c1-4-7-8-9-10-11-12-13-14-15-16-20-27-31-33(5-2,6-3)32-30-25-23-29(24-26-30)28-21-18-17-19-22-28/h17-19,21-26H,4-16,20,27H2,1-3H3. The molecule has 0 aliphatic heterocycles. The summed E-state index contributed by atoms with van der Waals surface area (Å²) >= 11 is 0. The van der Waals surface area contributed by atoms with E-state index < -0.39 is 8.56 Å². The number of hydrogen-bond donors (Lipinski definition) is 0. The molecule has 0 aliphatic carbocycles. The number of hydrogen-bond acceptors (Lipinski definition) is 2. The Balaban J connectivity index is 1.63. The highest BCUT2D eigenvalue weighted by Crippen LogP contribution is 2.27. The molecule has 0 atom stereocenters. The van der Waals surface area contributed by atoms with Crippen molar-refractivity contribution in [1.29, 1.82) is 0 Å². The average Bonchev–Trinajstić information content (AvgIpc) is 2.87. The van der Waals surface area contributed by atoms with Crippen LogP contribution in [0.2, 0.25) is 12.1 Å². The maximum Gasteiger partial charge on any atom is 0.398 e. The molecule has 0 amide bonds. The van der Waals surface area contributed by atoms with E-state index in [0.717, 1.165) is 30.9 Å². The van der Waals surface area contributed by atoms with Crippen molar-refractivity contribution in [2.45, 2.75) is 110 Å². The topological polar surface area (TPSA) is 18.5 Å². The zero-order valence-corrected chi connectivity index (χ0v) is 22.6. The third kappa shape index (κ3) is 10.9. The highest BCUT2D eigenvalue weighted by atomic mass is 28.4. The van der Waals surface area contributed by atoms with Gasteiger partial charge in [-0.15, -0.1) is 0 Å². The van der Waals surface area contributed by atoms with Crippen LogP contribution in [0.5, 0.6) is 5.75 Å². The molecule has 3 heteroatoms. The van der Waals surface area contributed by atoms with E-state index in [-0.39, 0.29) is 0 Å². The fourth-order valence-electron chi connectivity index (χ4n) is 4.39. The van der Waals surface area contributed by atoms with Gasteiger partial charge in [0.05, 0.1) is 0 Å². The molecule has 2 nitrogen and oxygen atoms in total. The molecule has 0 spiro atoms. The van der Waals surface area contributed by atoms with Gasteiger partial charge in [0.2, 0.25) is 0 Å². The number of benzene rings is 2. The van der Waals surface area contributed by atoms with Crippen molar-refractivity contribution in [3.05, 3.63) is 54.6 Å². The van der Waals surface area contributed by atoms with Crippen LogP contribution in [-0.4, -0.2) is 15.2 Å². The summed E-state index contributed by atoms with van der Waals surface area (Å²) in [7, 11) is -2.18. The summed E-state index contributed by atoms with van der Waals surface area (Å²) in [6.45, 7) is 7.57. The molecular weight excluding hydrogens is 420 g/mol. The third-order valence-corrected chi connectivity index (χ3v) is 10.2. The predicted molar refractivity (Wildman–Crippen MR) is 146 cm³/mol. The minimum atomic E-state index is -2.18. The molecule has 33 heavy (non-hydrogen) atoms. The highest BCUT2D eigenvalue weighted by Gasteiger charge is 2.35. The highest BCUT2D eigenvalue weighted by molar-refractivity contribution is 6.68. The van der Waals surface area contributed by atoms with E-state index in [1.807, 2.05) is 0 Å². The first-order chi connectivity index (χ1) is 16.2. The van der Waals surface area contributed by atoms with Crippen LogP contribution < -0.4 is 4.43 Å². The third-order valence-electron chi connectivity index (χ3n) is 6.71. The Morgan fingerprint density at radius 1 is 0.545 bits per heavy atom. The first kappa shape index (κ1) is 27.7. The summed E-state index contributed by atoms with van der Waals surface area (Å²) in [4.78, 5) is 0. The molecule has 0 aromatic heterocycles. The van der Waals surface area contributed by atoms with E-state index in [1.165, 1.54) is 81.8 Å². The van der Waals surface area contributed by atoms with Crippen molar-refractivity contribution in [2.75, 3.05) is 6.61 Å². The summed E-state index contributed by atoms with van der Waals surface area (Å²) in [6.07, 6.45) is 16.5. The van der Waals surface area contributed by atoms with E-state index in [2.05, 4.69) is 75.4 Å². The van der Waals surface area contributed by atoms with Crippen molar-refractivity contribution in [3.8, 4) is 16.9 Å². The summed E-state index contributed by atoms with van der Waals surface area (Å²) in [5, 5.41) is 0. The van der Waals surface area contributed by atoms with Gasteiger partial charge in [0.1, 0.15) is 5.75 Å². The lowest BCUT2D eigenvalue weighted by Gasteiger charge is -2.29. The van der Waals surface area contributed by atoms with E-state index in [4.69, 9.17) is 8.85 Å². The van der Waals surface area contributed by atoms with Crippen LogP contribution in [0.4, 0.5) is 0 Å². The van der Waals surface area contributed by atoms with Crippen LogP contribution >= 0.6 is 0 Å². The Morgan fingerprint density at radius 2 is 1.03 bits per heavy atom. The van der Waals surface area contributed by atoms with E-state index in [9.17, 15) is 0 Å². The average molecular weight is 469 g/mol. The lowest BCUT2D eigenvalue weighted by molar-refractivity contribution is 0.230. The second kappa shape index (κ2) is 16.9. The lowest BCUT2D eigenvalue weighted by Crippen LogP contribution is -2.44. The van der Waals surface area contributed by atoms with Crippen molar-refractivity contribution in [3.63, 3.8) is 0 Å². The minimum absolute atomic E-state index is 0.841. The maximum absolute atomic E-state index is 6.52. The van der Waals surface area contributed by atoms with Gasteiger partial charge in [0.15, 0.2) is 0 Å². The van der Waals surface area contributed by atoms with Gasteiger partial charge in [0.25, 0.3) is 0 Å². The van der Waals surface area contributed by atoms with Crippen LogP contribution in [0.1, 0.15) is 97.8 Å². The summed E-state index contributed by atoms with van der Waals surface area (Å²) < 4.78 is 13.0. The molecule has 2 aromatic rings. The Hall–Kier alpha value is -1.58. The molecule has 2 aromatic carbocycles. The van der Waals surface area contributed by atoms with Gasteiger partial charge in [-0.25, -0.2) is 0 Å². The second-order valence-corrected chi connectivity index (χ2v) is 13.1. The van der Waals surface area contributed by atoms with E-state index >= 15 is 0 Å². The molecule has 0 N–H and O–H groups in total. The van der Waals surface area contributed by atoms with Crippen molar-refractivity contribution < 1.29 is 8.85 Å². The predicted octanol–water partition coefficient (Wildman–Crippen LogP) is 9.93. The fraction of sp³-hybridized carbons (Fsp3) is 0.600. The quantitative estimate of drug-likeness (QED) is 0.151. The summed E-state index contributed by atoms with van der Waals surface area (Å²) in [5.41, 5.74) is 2.46. The smallest absolute Gasteiger partial charge is 0.398 e. The van der Waals surface area contributed by atoms with Gasteiger partial charge >= 0.3 is 8.56 Å². The van der Waals surface area contributed by atoms with Crippen LogP contribution in [0.15, 0.2) is 54.6 Å². The summed E-state index contributed by atoms with van der Waals surface area (Å²) in [5.74, 6) is 0.944. The van der Waals surface area contributed by atoms with Crippen LogP contribution in [0.3, 0.4) is 0 Å². The molecule has 0 bridgehead atoms. The molecule has 0 fully saturated rings. The largest absolute Gasteiger partial charge is 0.520 e. The second-order valence-electron chi connectivity index (χ2n) is 9.35. The fourth-order valence-corrected chi connectivity index (χ4v) is 6.73. The van der Waals surface area contributed by atoms with Crippen molar-refractivity contribution >= 4 is 8.56 Å². The van der Waals surface area contributed by atoms with Gasteiger partial charge in [-0.2, -0.15) is 0 Å². The monoisotopic (exact) mass is 468 g/mol. The SMILES string of the molecule is CCCCCCCCCCCCCCO[Si](CC)(CC)Oc1ccc(-c2ccccc2)cc1. The van der Waals surface area contributed by atoms with Crippen LogP contribution in [0, 0.1) is 0 Å². The zero-order chi connectivity index (χ0) is 23.6. The van der Waals surface area contributed by atoms with Gasteiger partial charge in [-0.1, -0.05) is 134 Å². The van der Waals surface area contributed by atoms with Gasteiger partial charge < -0.3 is 8.85 Å². The Kier molecular flexibility index (Phi) is 14.2. The van der Waals surface area contributed by atoms with Gasteiger partial charge in [-0.3, -0.25) is 0 Å². The molecular formula is C30H48O2Si. The molecule has 2 rings (SSSR count). The Bertz CT molecular complexity index is 710. The van der Waals surface area contributed by atoms with E-state index in [0.29, 0.717) is 0 Å². The zero-order valence-electron chi connectivity index (χ0n) is 21.6. The molecule has 0 aliphatic rings. The number of rotatable bonds is 19. The van der Waals surface area contributed by atoms with E-state index in [1.54, 1.807) is 0 Å². The van der Waals surface area contributed by atoms with Gasteiger partial charge in [0, 0.05) is 6.61 Å². The minimum Gasteiger partial charge on any atom is -0.520 e. The Labute approximate surface area is 205 Å². The summed E-state index contributed by atoms with van der Waals surface area (Å²) in [6, 6.07) is 21.0. The van der Waals surface area contributed by atoms with Gasteiger partial charge in [-0.05, 0) is 41.8 Å². The van der Waals surface area contributed by atoms with Crippen molar-refractivity contribution in [1.82, 2.24) is 0 Å². The normalized spacial score (nSPS) is 11.6. The van der Waals surface area contributed by atoms with Crippen LogP contribution in [0.25, 0.3) is 11.1 Å².